The molecule has 0 aliphatic carbocycles. The van der Waals surface area contributed by atoms with Crippen LogP contribution in [-0.2, 0) is 4.79 Å². The van der Waals surface area contributed by atoms with Gasteiger partial charge in [0.15, 0.2) is 0 Å². The van der Waals surface area contributed by atoms with Gasteiger partial charge < -0.3 is 35.2 Å². The smallest absolute Gasteiger partial charge is 0.255 e. The van der Waals surface area contributed by atoms with Gasteiger partial charge in [0.2, 0.25) is 5.91 Å². The Morgan fingerprint density at radius 2 is 1.34 bits per heavy atom. The van der Waals surface area contributed by atoms with Crippen LogP contribution in [0.25, 0.3) is 0 Å². The quantitative estimate of drug-likeness (QED) is 0.534. The SMILES string of the molecule is CC(C)(C)C(=O)Nc1ccc(C(=O)Nc2cccc(Oc3ccc(C(=O)[O-])c(C(=O)[O-])c3)c2)cc1. The summed E-state index contributed by atoms with van der Waals surface area (Å²) in [6.07, 6.45) is 0. The molecule has 0 fully saturated rings. The minimum Gasteiger partial charge on any atom is -0.545 e. The predicted octanol–water partition coefficient (Wildman–Crippen LogP) is 2.44. The fourth-order valence-corrected chi connectivity index (χ4v) is 2.93. The highest BCUT2D eigenvalue weighted by molar-refractivity contribution is 6.05. The highest BCUT2D eigenvalue weighted by Gasteiger charge is 2.21. The number of carbonyl (C=O) groups is 4. The first-order valence-electron chi connectivity index (χ1n) is 10.5. The van der Waals surface area contributed by atoms with Gasteiger partial charge in [-0.15, -0.1) is 0 Å². The predicted molar refractivity (Wildman–Crippen MR) is 124 cm³/mol. The van der Waals surface area contributed by atoms with Crippen LogP contribution in [0, 0.1) is 5.41 Å². The molecule has 0 heterocycles. The van der Waals surface area contributed by atoms with E-state index in [0.717, 1.165) is 12.1 Å². The Morgan fingerprint density at radius 1 is 0.714 bits per heavy atom. The molecular weight excluding hydrogens is 452 g/mol. The van der Waals surface area contributed by atoms with Crippen LogP contribution >= 0.6 is 0 Å². The largest absolute Gasteiger partial charge is 0.545 e. The van der Waals surface area contributed by atoms with Crippen molar-refractivity contribution in [3.05, 3.63) is 83.4 Å². The van der Waals surface area contributed by atoms with E-state index in [9.17, 15) is 29.4 Å². The summed E-state index contributed by atoms with van der Waals surface area (Å²) in [7, 11) is 0. The van der Waals surface area contributed by atoms with E-state index < -0.39 is 34.4 Å². The lowest BCUT2D eigenvalue weighted by Crippen LogP contribution is -2.30. The second kappa shape index (κ2) is 10.1. The molecule has 2 amide bonds. The van der Waals surface area contributed by atoms with Crippen LogP contribution in [0.1, 0.15) is 51.8 Å². The van der Waals surface area contributed by atoms with Crippen molar-refractivity contribution in [1.29, 1.82) is 0 Å². The van der Waals surface area contributed by atoms with Crippen LogP contribution in [0.2, 0.25) is 0 Å². The number of hydrogen-bond acceptors (Lipinski definition) is 7. The maximum absolute atomic E-state index is 12.6. The summed E-state index contributed by atoms with van der Waals surface area (Å²) in [5, 5.41) is 27.8. The standard InChI is InChI=1S/C26H24N2O7/c1-26(2,3)25(34)28-16-9-7-15(8-10-16)22(29)27-17-5-4-6-18(13-17)35-19-11-12-20(23(30)31)21(14-19)24(32)33/h4-14H,1-3H3,(H,27,29)(H,28,34)(H,30,31)(H,32,33)/p-2. The Labute approximate surface area is 201 Å². The minimum atomic E-state index is -1.68. The topological polar surface area (TPSA) is 148 Å². The van der Waals surface area contributed by atoms with E-state index in [1.807, 2.05) is 0 Å². The van der Waals surface area contributed by atoms with Gasteiger partial charge in [-0.2, -0.15) is 0 Å². The summed E-state index contributed by atoms with van der Waals surface area (Å²) in [4.78, 5) is 47.0. The van der Waals surface area contributed by atoms with Gasteiger partial charge in [-0.05, 0) is 54.6 Å². The van der Waals surface area contributed by atoms with E-state index in [0.29, 0.717) is 16.9 Å². The van der Waals surface area contributed by atoms with Crippen molar-refractivity contribution in [3.8, 4) is 11.5 Å². The molecule has 180 valence electrons. The van der Waals surface area contributed by atoms with E-state index in [-0.39, 0.29) is 17.4 Å². The Balaban J connectivity index is 1.70. The summed E-state index contributed by atoms with van der Waals surface area (Å²) in [6.45, 7) is 5.40. The number of rotatable bonds is 7. The van der Waals surface area contributed by atoms with Crippen molar-refractivity contribution in [2.24, 2.45) is 5.41 Å². The molecule has 3 aromatic carbocycles. The van der Waals surface area contributed by atoms with E-state index in [1.165, 1.54) is 12.1 Å². The lowest BCUT2D eigenvalue weighted by atomic mass is 9.95. The molecular formula is C26H22N2O7-2. The molecule has 0 aliphatic heterocycles. The lowest BCUT2D eigenvalue weighted by Gasteiger charge is -2.17. The molecule has 2 N–H and O–H groups in total. The maximum Gasteiger partial charge on any atom is 0.255 e. The number of amides is 2. The third-order valence-corrected chi connectivity index (χ3v) is 4.84. The Hall–Kier alpha value is -4.66. The molecule has 0 unspecified atom stereocenters. The zero-order valence-corrected chi connectivity index (χ0v) is 19.2. The van der Waals surface area contributed by atoms with Gasteiger partial charge in [-0.3, -0.25) is 9.59 Å². The maximum atomic E-state index is 12.6. The molecule has 0 aliphatic rings. The molecule has 0 saturated heterocycles. The van der Waals surface area contributed by atoms with E-state index >= 15 is 0 Å². The van der Waals surface area contributed by atoms with E-state index in [4.69, 9.17) is 4.74 Å². The fraction of sp³-hybridized carbons (Fsp3) is 0.154. The fourth-order valence-electron chi connectivity index (χ4n) is 2.93. The summed E-state index contributed by atoms with van der Waals surface area (Å²) >= 11 is 0. The van der Waals surface area contributed by atoms with Gasteiger partial charge in [0, 0.05) is 39.5 Å². The normalized spacial score (nSPS) is 10.8. The number of carbonyl (C=O) groups excluding carboxylic acids is 4. The van der Waals surface area contributed by atoms with Gasteiger partial charge in [0.25, 0.3) is 5.91 Å². The second-order valence-corrected chi connectivity index (χ2v) is 8.65. The lowest BCUT2D eigenvalue weighted by molar-refractivity contribution is -0.259. The summed E-state index contributed by atoms with van der Waals surface area (Å²) in [5.41, 5.74) is -0.315. The molecule has 0 atom stereocenters. The highest BCUT2D eigenvalue weighted by Crippen LogP contribution is 2.26. The summed E-state index contributed by atoms with van der Waals surface area (Å²) in [5.74, 6) is -3.54. The number of carboxylic acids is 2. The molecule has 0 saturated carbocycles. The minimum absolute atomic E-state index is 0.0607. The summed E-state index contributed by atoms with van der Waals surface area (Å²) in [6, 6.07) is 16.1. The number of ether oxygens (including phenoxy) is 1. The zero-order valence-electron chi connectivity index (χ0n) is 19.2. The average Bonchev–Trinajstić information content (AvgIpc) is 2.79. The molecule has 0 radical (unpaired) electrons. The van der Waals surface area contributed by atoms with Crippen molar-refractivity contribution in [1.82, 2.24) is 0 Å². The van der Waals surface area contributed by atoms with Crippen molar-refractivity contribution >= 4 is 35.1 Å². The van der Waals surface area contributed by atoms with Gasteiger partial charge >= 0.3 is 0 Å². The monoisotopic (exact) mass is 474 g/mol. The highest BCUT2D eigenvalue weighted by atomic mass is 16.5. The van der Waals surface area contributed by atoms with Crippen LogP contribution in [-0.4, -0.2) is 23.8 Å². The van der Waals surface area contributed by atoms with E-state index in [2.05, 4.69) is 10.6 Å². The van der Waals surface area contributed by atoms with E-state index in [1.54, 1.807) is 63.2 Å². The third-order valence-electron chi connectivity index (χ3n) is 4.84. The van der Waals surface area contributed by atoms with Gasteiger partial charge in [0.1, 0.15) is 11.5 Å². The first kappa shape index (κ1) is 25.0. The molecule has 0 aromatic heterocycles. The molecule has 9 nitrogen and oxygen atoms in total. The second-order valence-electron chi connectivity index (χ2n) is 8.65. The number of anilines is 2. The number of nitrogens with one attached hydrogen (secondary N) is 2. The summed E-state index contributed by atoms with van der Waals surface area (Å²) < 4.78 is 5.62. The first-order valence-corrected chi connectivity index (χ1v) is 10.5. The Bertz CT molecular complexity index is 1290. The molecule has 9 heteroatoms. The average molecular weight is 474 g/mol. The molecule has 0 spiro atoms. The van der Waals surface area contributed by atoms with Gasteiger partial charge in [0.05, 0.1) is 11.9 Å². The van der Waals surface area contributed by atoms with Crippen LogP contribution in [0.4, 0.5) is 11.4 Å². The number of hydrogen-bond donors (Lipinski definition) is 2. The third kappa shape index (κ3) is 6.44. The zero-order chi connectivity index (χ0) is 25.8. The molecule has 3 rings (SSSR count). The number of aromatic carboxylic acids is 2. The van der Waals surface area contributed by atoms with Crippen LogP contribution in [0.3, 0.4) is 0 Å². The Kier molecular flexibility index (Phi) is 7.20. The van der Waals surface area contributed by atoms with Crippen molar-refractivity contribution in [2.45, 2.75) is 20.8 Å². The van der Waals surface area contributed by atoms with Gasteiger partial charge in [-0.25, -0.2) is 0 Å². The molecule has 0 bridgehead atoms. The van der Waals surface area contributed by atoms with Crippen molar-refractivity contribution in [3.63, 3.8) is 0 Å². The molecule has 3 aromatic rings. The number of carboxylic acid groups (broad SMARTS) is 2. The number of benzene rings is 3. The van der Waals surface area contributed by atoms with Crippen LogP contribution in [0.5, 0.6) is 11.5 Å². The first-order chi connectivity index (χ1) is 16.4. The van der Waals surface area contributed by atoms with Crippen molar-refractivity contribution < 1.29 is 34.1 Å². The van der Waals surface area contributed by atoms with Crippen LogP contribution in [0.15, 0.2) is 66.7 Å². The molecule has 35 heavy (non-hydrogen) atoms. The van der Waals surface area contributed by atoms with Gasteiger partial charge in [-0.1, -0.05) is 26.8 Å². The van der Waals surface area contributed by atoms with Crippen molar-refractivity contribution in [2.75, 3.05) is 10.6 Å². The van der Waals surface area contributed by atoms with Crippen LogP contribution < -0.4 is 25.6 Å². The Morgan fingerprint density at radius 3 is 1.94 bits per heavy atom.